The molecule has 66 valence electrons. The maximum atomic E-state index is 5.53. The van der Waals surface area contributed by atoms with Gasteiger partial charge in [-0.3, -0.25) is 4.68 Å². The number of allylic oxidation sites excluding steroid dienone is 1. The molecule has 0 saturated heterocycles. The summed E-state index contributed by atoms with van der Waals surface area (Å²) in [5.74, 6) is 0.603. The van der Waals surface area contributed by atoms with Crippen molar-refractivity contribution >= 4 is 5.82 Å². The van der Waals surface area contributed by atoms with E-state index in [4.69, 9.17) is 5.73 Å². The molecule has 0 aliphatic rings. The van der Waals surface area contributed by atoms with Gasteiger partial charge in [0.1, 0.15) is 5.82 Å². The van der Waals surface area contributed by atoms with Gasteiger partial charge in [0.05, 0.1) is 0 Å². The van der Waals surface area contributed by atoms with Crippen molar-refractivity contribution in [2.24, 2.45) is 0 Å². The molecular formula is C9H15N3. The van der Waals surface area contributed by atoms with Crippen molar-refractivity contribution < 1.29 is 0 Å². The number of anilines is 1. The average Bonchev–Trinajstić information content (AvgIpc) is 2.31. The smallest absolute Gasteiger partial charge is 0.145 e. The number of nitrogens with two attached hydrogens (primary N) is 1. The SMILES string of the molecule is C=CCCCn1nc(N)cc1C. The Hall–Kier alpha value is -1.25. The van der Waals surface area contributed by atoms with Gasteiger partial charge < -0.3 is 5.73 Å². The molecule has 0 bridgehead atoms. The van der Waals surface area contributed by atoms with Crippen LogP contribution in [0, 0.1) is 6.92 Å². The molecule has 1 aromatic rings. The van der Waals surface area contributed by atoms with E-state index in [-0.39, 0.29) is 0 Å². The van der Waals surface area contributed by atoms with Gasteiger partial charge in [0, 0.05) is 18.3 Å². The second-order valence-corrected chi connectivity index (χ2v) is 2.86. The van der Waals surface area contributed by atoms with E-state index in [9.17, 15) is 0 Å². The molecule has 3 heteroatoms. The zero-order chi connectivity index (χ0) is 8.97. The molecule has 0 fully saturated rings. The van der Waals surface area contributed by atoms with E-state index in [0.717, 1.165) is 25.1 Å². The topological polar surface area (TPSA) is 43.8 Å². The summed E-state index contributed by atoms with van der Waals surface area (Å²) in [6.45, 7) is 6.60. The van der Waals surface area contributed by atoms with Crippen LogP contribution in [0.4, 0.5) is 5.82 Å². The van der Waals surface area contributed by atoms with E-state index >= 15 is 0 Å². The van der Waals surface area contributed by atoms with Crippen LogP contribution in [0.3, 0.4) is 0 Å². The van der Waals surface area contributed by atoms with Crippen LogP contribution in [0.25, 0.3) is 0 Å². The van der Waals surface area contributed by atoms with Gasteiger partial charge in [-0.2, -0.15) is 5.10 Å². The quantitative estimate of drug-likeness (QED) is 0.545. The summed E-state index contributed by atoms with van der Waals surface area (Å²) in [7, 11) is 0. The number of unbranched alkanes of at least 4 members (excludes halogenated alkanes) is 1. The van der Waals surface area contributed by atoms with Crippen molar-refractivity contribution in [3.8, 4) is 0 Å². The Morgan fingerprint density at radius 3 is 3.00 bits per heavy atom. The second-order valence-electron chi connectivity index (χ2n) is 2.86. The average molecular weight is 165 g/mol. The highest BCUT2D eigenvalue weighted by molar-refractivity contribution is 5.28. The van der Waals surface area contributed by atoms with Crippen LogP contribution in [-0.2, 0) is 6.54 Å². The molecule has 0 aromatic carbocycles. The highest BCUT2D eigenvalue weighted by atomic mass is 15.3. The molecule has 1 aromatic heterocycles. The fourth-order valence-corrected chi connectivity index (χ4v) is 1.15. The molecule has 12 heavy (non-hydrogen) atoms. The Kier molecular flexibility index (Phi) is 2.91. The molecule has 0 saturated carbocycles. The number of hydrogen-bond acceptors (Lipinski definition) is 2. The van der Waals surface area contributed by atoms with Crippen LogP contribution in [0.5, 0.6) is 0 Å². The Bertz CT molecular complexity index is 263. The summed E-state index contributed by atoms with van der Waals surface area (Å²) in [5.41, 5.74) is 6.65. The van der Waals surface area contributed by atoms with Crippen molar-refractivity contribution in [2.75, 3.05) is 5.73 Å². The number of hydrogen-bond donors (Lipinski definition) is 1. The van der Waals surface area contributed by atoms with E-state index in [0.29, 0.717) is 5.82 Å². The number of nitrogens with zero attached hydrogens (tertiary/aromatic N) is 2. The van der Waals surface area contributed by atoms with Gasteiger partial charge in [-0.05, 0) is 19.8 Å². The fraction of sp³-hybridized carbons (Fsp3) is 0.444. The Labute approximate surface area is 72.9 Å². The third-order valence-electron chi connectivity index (χ3n) is 1.78. The van der Waals surface area contributed by atoms with Gasteiger partial charge in [-0.1, -0.05) is 6.08 Å². The van der Waals surface area contributed by atoms with Crippen LogP contribution >= 0.6 is 0 Å². The minimum absolute atomic E-state index is 0.603. The first-order valence-corrected chi connectivity index (χ1v) is 4.15. The highest BCUT2D eigenvalue weighted by Crippen LogP contribution is 2.05. The molecule has 0 aliphatic heterocycles. The lowest BCUT2D eigenvalue weighted by Crippen LogP contribution is -2.02. The van der Waals surface area contributed by atoms with Crippen molar-refractivity contribution in [1.82, 2.24) is 9.78 Å². The number of nitrogen functional groups attached to an aromatic ring is 1. The zero-order valence-corrected chi connectivity index (χ0v) is 7.45. The minimum atomic E-state index is 0.603. The molecule has 0 amide bonds. The van der Waals surface area contributed by atoms with Crippen LogP contribution in [0.2, 0.25) is 0 Å². The predicted octanol–water partition coefficient (Wildman–Crippen LogP) is 1.74. The van der Waals surface area contributed by atoms with Gasteiger partial charge in [-0.25, -0.2) is 0 Å². The predicted molar refractivity (Wildman–Crippen MR) is 50.8 cm³/mol. The summed E-state index contributed by atoms with van der Waals surface area (Å²) >= 11 is 0. The highest BCUT2D eigenvalue weighted by Gasteiger charge is 1.98. The zero-order valence-electron chi connectivity index (χ0n) is 7.45. The van der Waals surface area contributed by atoms with Gasteiger partial charge in [0.15, 0.2) is 0 Å². The molecule has 0 atom stereocenters. The first-order chi connectivity index (χ1) is 5.74. The summed E-state index contributed by atoms with van der Waals surface area (Å²) in [5, 5.41) is 4.14. The van der Waals surface area contributed by atoms with Crippen molar-refractivity contribution in [1.29, 1.82) is 0 Å². The van der Waals surface area contributed by atoms with Crippen LogP contribution < -0.4 is 5.73 Å². The molecular weight excluding hydrogens is 150 g/mol. The van der Waals surface area contributed by atoms with E-state index in [1.54, 1.807) is 0 Å². The fourth-order valence-electron chi connectivity index (χ4n) is 1.15. The summed E-state index contributed by atoms with van der Waals surface area (Å²) in [4.78, 5) is 0. The molecule has 0 aliphatic carbocycles. The van der Waals surface area contributed by atoms with Gasteiger partial charge in [0.25, 0.3) is 0 Å². The largest absolute Gasteiger partial charge is 0.382 e. The summed E-state index contributed by atoms with van der Waals surface area (Å²) < 4.78 is 1.93. The third-order valence-corrected chi connectivity index (χ3v) is 1.78. The Balaban J connectivity index is 2.50. The lowest BCUT2D eigenvalue weighted by atomic mass is 10.3. The minimum Gasteiger partial charge on any atom is -0.382 e. The van der Waals surface area contributed by atoms with E-state index in [1.807, 2.05) is 23.7 Å². The van der Waals surface area contributed by atoms with Crippen LogP contribution in [-0.4, -0.2) is 9.78 Å². The summed E-state index contributed by atoms with van der Waals surface area (Å²) in [6.07, 6.45) is 4.02. The van der Waals surface area contributed by atoms with Crippen LogP contribution in [0.1, 0.15) is 18.5 Å². The third kappa shape index (κ3) is 2.12. The maximum absolute atomic E-state index is 5.53. The number of aryl methyl sites for hydroxylation is 2. The molecule has 1 heterocycles. The first-order valence-electron chi connectivity index (χ1n) is 4.15. The Morgan fingerprint density at radius 2 is 2.50 bits per heavy atom. The van der Waals surface area contributed by atoms with Gasteiger partial charge >= 0.3 is 0 Å². The molecule has 1 rings (SSSR count). The lowest BCUT2D eigenvalue weighted by molar-refractivity contribution is 0.572. The molecule has 0 spiro atoms. The van der Waals surface area contributed by atoms with Gasteiger partial charge in [-0.15, -0.1) is 6.58 Å². The maximum Gasteiger partial charge on any atom is 0.145 e. The number of rotatable bonds is 4. The number of aromatic nitrogens is 2. The standard InChI is InChI=1S/C9H15N3/c1-3-4-5-6-12-8(2)7-9(10)11-12/h3,7H,1,4-6H2,2H3,(H2,10,11). The van der Waals surface area contributed by atoms with Crippen LogP contribution in [0.15, 0.2) is 18.7 Å². The normalized spacial score (nSPS) is 10.1. The van der Waals surface area contributed by atoms with Gasteiger partial charge in [0.2, 0.25) is 0 Å². The molecule has 3 nitrogen and oxygen atoms in total. The molecule has 0 unspecified atom stereocenters. The monoisotopic (exact) mass is 165 g/mol. The molecule has 0 radical (unpaired) electrons. The first kappa shape index (κ1) is 8.84. The lowest BCUT2D eigenvalue weighted by Gasteiger charge is -2.01. The second kappa shape index (κ2) is 3.95. The van der Waals surface area contributed by atoms with Crippen molar-refractivity contribution in [3.05, 3.63) is 24.4 Å². The van der Waals surface area contributed by atoms with E-state index < -0.39 is 0 Å². The Morgan fingerprint density at radius 1 is 1.75 bits per heavy atom. The van der Waals surface area contributed by atoms with Crippen molar-refractivity contribution in [3.63, 3.8) is 0 Å². The summed E-state index contributed by atoms with van der Waals surface area (Å²) in [6, 6.07) is 1.88. The van der Waals surface area contributed by atoms with E-state index in [2.05, 4.69) is 11.7 Å². The molecule has 2 N–H and O–H groups in total. The van der Waals surface area contributed by atoms with E-state index in [1.165, 1.54) is 0 Å². The van der Waals surface area contributed by atoms with Crippen molar-refractivity contribution in [2.45, 2.75) is 26.3 Å².